The Kier molecular flexibility index (Phi) is 4.53. The second kappa shape index (κ2) is 6.36. The first-order valence-electron chi connectivity index (χ1n) is 5.65. The number of carbonyl (C=O) groups excluding carboxylic acids is 1. The number of rotatable bonds is 4. The molecule has 0 N–H and O–H groups in total. The molecule has 0 unspecified atom stereocenters. The van der Waals surface area contributed by atoms with Crippen LogP contribution in [-0.4, -0.2) is 11.5 Å². The SMILES string of the molecule is O=C(OCBr)C(c1ccccc1)c1ccccc1. The largest absolute Gasteiger partial charge is 0.453 e. The van der Waals surface area contributed by atoms with Gasteiger partial charge in [-0.3, -0.25) is 4.79 Å². The summed E-state index contributed by atoms with van der Waals surface area (Å²) in [5.41, 5.74) is 2.09. The molecule has 0 radical (unpaired) electrons. The molecule has 18 heavy (non-hydrogen) atoms. The van der Waals surface area contributed by atoms with E-state index in [0.29, 0.717) is 0 Å². The van der Waals surface area contributed by atoms with Crippen molar-refractivity contribution in [1.29, 1.82) is 0 Å². The summed E-state index contributed by atoms with van der Waals surface area (Å²) in [6.45, 7) is 0. The second-order valence-electron chi connectivity index (χ2n) is 3.83. The van der Waals surface area contributed by atoms with E-state index in [1.807, 2.05) is 60.7 Å². The first-order chi connectivity index (χ1) is 8.83. The molecule has 2 nitrogen and oxygen atoms in total. The number of halogens is 1. The number of hydrogen-bond donors (Lipinski definition) is 0. The Labute approximate surface area is 115 Å². The van der Waals surface area contributed by atoms with Crippen LogP contribution in [0.15, 0.2) is 60.7 Å². The van der Waals surface area contributed by atoms with Crippen molar-refractivity contribution in [3.8, 4) is 0 Å². The third-order valence-corrected chi connectivity index (χ3v) is 2.93. The van der Waals surface area contributed by atoms with Gasteiger partial charge in [0.2, 0.25) is 0 Å². The Morgan fingerprint density at radius 2 is 1.39 bits per heavy atom. The molecule has 0 fully saturated rings. The number of esters is 1. The molecule has 0 atom stereocenters. The Hall–Kier alpha value is -1.61. The van der Waals surface area contributed by atoms with Gasteiger partial charge in [-0.15, -0.1) is 0 Å². The molecular formula is C15H13BrO2. The van der Waals surface area contributed by atoms with E-state index in [0.717, 1.165) is 11.1 Å². The average Bonchev–Trinajstić information content (AvgIpc) is 2.42. The van der Waals surface area contributed by atoms with Crippen molar-refractivity contribution in [3.05, 3.63) is 71.8 Å². The predicted molar refractivity (Wildman–Crippen MR) is 74.6 cm³/mol. The Balaban J connectivity index is 2.38. The lowest BCUT2D eigenvalue weighted by molar-refractivity contribution is -0.142. The standard InChI is InChI=1S/C15H13BrO2/c16-11-18-15(17)14(12-7-3-1-4-8-12)13-9-5-2-6-10-13/h1-10,14H,11H2. The van der Waals surface area contributed by atoms with E-state index >= 15 is 0 Å². The summed E-state index contributed by atoms with van der Waals surface area (Å²) in [5.74, 6) is -0.616. The lowest BCUT2D eigenvalue weighted by atomic mass is 9.91. The molecule has 0 aromatic heterocycles. The van der Waals surface area contributed by atoms with E-state index in [-0.39, 0.29) is 17.4 Å². The fraction of sp³-hybridized carbons (Fsp3) is 0.133. The minimum atomic E-state index is -0.370. The van der Waals surface area contributed by atoms with E-state index < -0.39 is 0 Å². The second-order valence-corrected chi connectivity index (χ2v) is 4.28. The number of benzene rings is 2. The van der Waals surface area contributed by atoms with Gasteiger partial charge in [-0.1, -0.05) is 60.7 Å². The lowest BCUT2D eigenvalue weighted by Crippen LogP contribution is -2.16. The summed E-state index contributed by atoms with van der Waals surface area (Å²) in [6.07, 6.45) is 0. The van der Waals surface area contributed by atoms with Gasteiger partial charge in [0.15, 0.2) is 0 Å². The van der Waals surface area contributed by atoms with Crippen molar-refractivity contribution >= 4 is 21.9 Å². The molecule has 0 bridgehead atoms. The van der Waals surface area contributed by atoms with Gasteiger partial charge in [0.1, 0.15) is 11.4 Å². The summed E-state index contributed by atoms with van der Waals surface area (Å²) in [5, 5.41) is 0. The van der Waals surface area contributed by atoms with Crippen molar-refractivity contribution in [2.45, 2.75) is 5.92 Å². The average molecular weight is 305 g/mol. The molecule has 0 aliphatic carbocycles. The predicted octanol–water partition coefficient (Wildman–Crippen LogP) is 3.71. The van der Waals surface area contributed by atoms with Gasteiger partial charge in [-0.2, -0.15) is 0 Å². The van der Waals surface area contributed by atoms with Gasteiger partial charge < -0.3 is 4.74 Å². The Morgan fingerprint density at radius 3 is 1.78 bits per heavy atom. The highest BCUT2D eigenvalue weighted by Gasteiger charge is 2.23. The molecule has 3 heteroatoms. The third kappa shape index (κ3) is 2.99. The third-order valence-electron chi connectivity index (χ3n) is 2.70. The molecular weight excluding hydrogens is 292 g/mol. The molecule has 0 spiro atoms. The minimum Gasteiger partial charge on any atom is -0.453 e. The molecule has 92 valence electrons. The molecule has 0 aliphatic heterocycles. The van der Waals surface area contributed by atoms with Crippen LogP contribution >= 0.6 is 15.9 Å². The summed E-state index contributed by atoms with van der Waals surface area (Å²) in [7, 11) is 0. The monoisotopic (exact) mass is 304 g/mol. The van der Waals surface area contributed by atoms with Gasteiger partial charge in [-0.25, -0.2) is 0 Å². The molecule has 0 aliphatic rings. The van der Waals surface area contributed by atoms with Gasteiger partial charge in [0, 0.05) is 0 Å². The van der Waals surface area contributed by atoms with Crippen molar-refractivity contribution in [1.82, 2.24) is 0 Å². The fourth-order valence-corrected chi connectivity index (χ4v) is 2.12. The Morgan fingerprint density at radius 1 is 0.944 bits per heavy atom. The van der Waals surface area contributed by atoms with E-state index in [9.17, 15) is 4.79 Å². The van der Waals surface area contributed by atoms with Gasteiger partial charge in [0.05, 0.1) is 0 Å². The zero-order valence-electron chi connectivity index (χ0n) is 9.75. The van der Waals surface area contributed by atoms with Crippen LogP contribution in [0.5, 0.6) is 0 Å². The van der Waals surface area contributed by atoms with Crippen molar-refractivity contribution < 1.29 is 9.53 Å². The summed E-state index contributed by atoms with van der Waals surface area (Å²) >= 11 is 3.12. The van der Waals surface area contributed by atoms with Crippen LogP contribution in [0.25, 0.3) is 0 Å². The van der Waals surface area contributed by atoms with Gasteiger partial charge in [0.25, 0.3) is 0 Å². The number of alkyl halides is 1. The molecule has 2 aromatic carbocycles. The van der Waals surface area contributed by atoms with Crippen LogP contribution in [0, 0.1) is 0 Å². The van der Waals surface area contributed by atoms with Gasteiger partial charge >= 0.3 is 5.97 Å². The molecule has 0 saturated heterocycles. The van der Waals surface area contributed by atoms with Crippen LogP contribution in [0.2, 0.25) is 0 Å². The fourth-order valence-electron chi connectivity index (χ4n) is 1.89. The number of ether oxygens (including phenoxy) is 1. The van der Waals surface area contributed by atoms with E-state index in [4.69, 9.17) is 4.74 Å². The maximum atomic E-state index is 12.1. The highest BCUT2D eigenvalue weighted by Crippen LogP contribution is 2.25. The van der Waals surface area contributed by atoms with Crippen LogP contribution < -0.4 is 0 Å². The highest BCUT2D eigenvalue weighted by atomic mass is 79.9. The molecule has 2 rings (SSSR count). The van der Waals surface area contributed by atoms with Crippen LogP contribution in [0.3, 0.4) is 0 Å². The Bertz CT molecular complexity index is 457. The quantitative estimate of drug-likeness (QED) is 0.636. The first kappa shape index (κ1) is 12.8. The van der Waals surface area contributed by atoms with E-state index in [1.54, 1.807) is 0 Å². The normalized spacial score (nSPS) is 10.3. The summed E-state index contributed by atoms with van der Waals surface area (Å²) in [6, 6.07) is 19.3. The topological polar surface area (TPSA) is 26.3 Å². The van der Waals surface area contributed by atoms with Crippen molar-refractivity contribution in [2.24, 2.45) is 0 Å². The minimum absolute atomic E-state index is 0.210. The van der Waals surface area contributed by atoms with Crippen LogP contribution in [-0.2, 0) is 9.53 Å². The van der Waals surface area contributed by atoms with Crippen LogP contribution in [0.1, 0.15) is 17.0 Å². The smallest absolute Gasteiger partial charge is 0.318 e. The van der Waals surface area contributed by atoms with E-state index in [1.165, 1.54) is 0 Å². The summed E-state index contributed by atoms with van der Waals surface area (Å²) < 4.78 is 5.09. The van der Waals surface area contributed by atoms with E-state index in [2.05, 4.69) is 15.9 Å². The van der Waals surface area contributed by atoms with Crippen molar-refractivity contribution in [2.75, 3.05) is 5.52 Å². The highest BCUT2D eigenvalue weighted by molar-refractivity contribution is 9.09. The maximum absolute atomic E-state index is 12.1. The number of hydrogen-bond acceptors (Lipinski definition) is 2. The lowest BCUT2D eigenvalue weighted by Gasteiger charge is -2.16. The van der Waals surface area contributed by atoms with Gasteiger partial charge in [-0.05, 0) is 27.1 Å². The maximum Gasteiger partial charge on any atom is 0.318 e. The zero-order chi connectivity index (χ0) is 12.8. The zero-order valence-corrected chi connectivity index (χ0v) is 11.3. The molecule has 0 saturated carbocycles. The summed E-state index contributed by atoms with van der Waals surface area (Å²) in [4.78, 5) is 12.1. The van der Waals surface area contributed by atoms with Crippen molar-refractivity contribution in [3.63, 3.8) is 0 Å². The number of carbonyl (C=O) groups is 1. The van der Waals surface area contributed by atoms with Crippen LogP contribution in [0.4, 0.5) is 0 Å². The molecule has 2 aromatic rings. The first-order valence-corrected chi connectivity index (χ1v) is 6.77. The molecule has 0 heterocycles. The molecule has 0 amide bonds.